The van der Waals surface area contributed by atoms with E-state index < -0.39 is 17.5 Å². The van der Waals surface area contributed by atoms with Crippen LogP contribution in [0.2, 0.25) is 5.15 Å². The van der Waals surface area contributed by atoms with Crippen molar-refractivity contribution in [1.29, 1.82) is 0 Å². The number of nitrogens with zero attached hydrogens (tertiary/aromatic N) is 2. The number of hydrogen-bond donors (Lipinski definition) is 1. The highest BCUT2D eigenvalue weighted by atomic mass is 35.5. The first-order chi connectivity index (χ1) is 11.0. The molecule has 0 spiro atoms. The van der Waals surface area contributed by atoms with E-state index in [1.807, 2.05) is 0 Å². The average Bonchev–Trinajstić information content (AvgIpc) is 2.79. The lowest BCUT2D eigenvalue weighted by Crippen LogP contribution is -2.28. The Morgan fingerprint density at radius 3 is 2.78 bits per heavy atom. The Labute approximate surface area is 140 Å². The molecule has 23 heavy (non-hydrogen) atoms. The fourth-order valence-electron chi connectivity index (χ4n) is 1.95. The molecule has 0 saturated carbocycles. The molecule has 1 aliphatic heterocycles. The van der Waals surface area contributed by atoms with Gasteiger partial charge in [-0.1, -0.05) is 17.7 Å². The molecule has 0 unspecified atom stereocenters. The highest BCUT2D eigenvalue weighted by Crippen LogP contribution is 2.27. The summed E-state index contributed by atoms with van der Waals surface area (Å²) in [5.74, 6) is -1.84. The normalized spacial score (nSPS) is 16.1. The fourth-order valence-corrected chi connectivity index (χ4v) is 2.34. The smallest absolute Gasteiger partial charge is 0.301 e. The monoisotopic (exact) mass is 350 g/mol. The van der Waals surface area contributed by atoms with Crippen molar-refractivity contribution in [3.63, 3.8) is 0 Å². The lowest BCUT2D eigenvalue weighted by molar-refractivity contribution is -0.114. The molecular weight excluding hydrogens is 343 g/mol. The van der Waals surface area contributed by atoms with Gasteiger partial charge >= 0.3 is 5.91 Å². The van der Waals surface area contributed by atoms with Gasteiger partial charge in [0.05, 0.1) is 11.9 Å². The second-order valence-electron chi connectivity index (χ2n) is 4.57. The van der Waals surface area contributed by atoms with Gasteiger partial charge in [0, 0.05) is 0 Å². The van der Waals surface area contributed by atoms with Crippen molar-refractivity contribution in [2.45, 2.75) is 0 Å². The van der Waals surface area contributed by atoms with Crippen LogP contribution >= 0.6 is 23.8 Å². The molecule has 0 radical (unpaired) electrons. The third-order valence-corrected chi connectivity index (χ3v) is 3.52. The van der Waals surface area contributed by atoms with Gasteiger partial charge in [-0.15, -0.1) is 0 Å². The molecule has 1 aromatic carbocycles. The summed E-state index contributed by atoms with van der Waals surface area (Å²) in [6, 6.07) is 6.79. The van der Waals surface area contributed by atoms with E-state index in [0.29, 0.717) is 11.3 Å². The van der Waals surface area contributed by atoms with E-state index >= 15 is 0 Å². The van der Waals surface area contributed by atoms with Gasteiger partial charge in [-0.3, -0.25) is 4.79 Å². The van der Waals surface area contributed by atoms with Crippen LogP contribution in [0.5, 0.6) is 5.75 Å². The van der Waals surface area contributed by atoms with E-state index in [2.05, 4.69) is 4.98 Å². The number of carbonyl (C=O) groups is 1. The van der Waals surface area contributed by atoms with Gasteiger partial charge in [0.2, 0.25) is 0 Å². The maximum Gasteiger partial charge on any atom is 0.301 e. The topological polar surface area (TPSA) is 62.7 Å². The number of benzene rings is 1. The molecule has 116 valence electrons. The molecule has 8 heteroatoms. The van der Waals surface area contributed by atoms with Gasteiger partial charge in [0.1, 0.15) is 5.15 Å². The van der Waals surface area contributed by atoms with Gasteiger partial charge in [0.25, 0.3) is 5.17 Å². The number of phenols is 1. The molecule has 1 N–H and O–H groups in total. The molecule has 2 aromatic rings. The zero-order valence-electron chi connectivity index (χ0n) is 11.4. The third kappa shape index (κ3) is 3.01. The van der Waals surface area contributed by atoms with Crippen LogP contribution in [0.4, 0.5) is 10.1 Å². The number of ether oxygens (including phenoxy) is 1. The van der Waals surface area contributed by atoms with Crippen molar-refractivity contribution in [2.75, 3.05) is 4.90 Å². The number of hydrogen-bond acceptors (Lipinski definition) is 5. The number of amides is 1. The van der Waals surface area contributed by atoms with E-state index in [-0.39, 0.29) is 16.1 Å². The van der Waals surface area contributed by atoms with Crippen molar-refractivity contribution < 1.29 is 19.0 Å². The highest BCUT2D eigenvalue weighted by molar-refractivity contribution is 7.80. The Hall–Kier alpha value is -2.51. The number of thiocarbonyl (C=S) groups is 1. The Kier molecular flexibility index (Phi) is 3.97. The lowest BCUT2D eigenvalue weighted by atomic mass is 10.2. The Bertz CT molecular complexity index is 839. The zero-order chi connectivity index (χ0) is 16.6. The number of anilines is 1. The molecule has 1 aliphatic rings. The molecular formula is C15H8ClFN2O3S. The number of aromatic nitrogens is 1. The predicted molar refractivity (Wildman–Crippen MR) is 86.5 cm³/mol. The Morgan fingerprint density at radius 1 is 1.35 bits per heavy atom. The van der Waals surface area contributed by atoms with E-state index in [0.717, 1.165) is 11.0 Å². The molecule has 1 aromatic heterocycles. The summed E-state index contributed by atoms with van der Waals surface area (Å²) in [7, 11) is 0. The van der Waals surface area contributed by atoms with Gasteiger partial charge < -0.3 is 9.84 Å². The van der Waals surface area contributed by atoms with Crippen LogP contribution in [-0.4, -0.2) is 21.2 Å². The minimum absolute atomic E-state index is 0.0601. The second kappa shape index (κ2) is 5.94. The first kappa shape index (κ1) is 15.4. The number of pyridine rings is 1. The fraction of sp³-hybridized carbons (Fsp3) is 0. The molecule has 2 heterocycles. The van der Waals surface area contributed by atoms with Gasteiger partial charge in [-0.2, -0.15) is 0 Å². The molecule has 0 bridgehead atoms. The van der Waals surface area contributed by atoms with Gasteiger partial charge in [-0.25, -0.2) is 14.3 Å². The van der Waals surface area contributed by atoms with Crippen LogP contribution in [0, 0.1) is 5.82 Å². The largest absolute Gasteiger partial charge is 0.505 e. The quantitative estimate of drug-likeness (QED) is 0.511. The van der Waals surface area contributed by atoms with Crippen molar-refractivity contribution in [2.24, 2.45) is 0 Å². The summed E-state index contributed by atoms with van der Waals surface area (Å²) >= 11 is 10.7. The lowest BCUT2D eigenvalue weighted by Gasteiger charge is -2.11. The van der Waals surface area contributed by atoms with Crippen LogP contribution in [-0.2, 0) is 9.53 Å². The van der Waals surface area contributed by atoms with Gasteiger partial charge in [0.15, 0.2) is 17.3 Å². The average molecular weight is 351 g/mol. The molecule has 0 atom stereocenters. The first-order valence-corrected chi connectivity index (χ1v) is 7.12. The van der Waals surface area contributed by atoms with Crippen LogP contribution in [0.25, 0.3) is 6.08 Å². The SMILES string of the molecule is O=C1C(=Cc2ccc(O)c(F)c2)OC(=S)N1c1ccc(Cl)nc1. The van der Waals surface area contributed by atoms with E-state index in [4.69, 9.17) is 28.6 Å². The van der Waals surface area contributed by atoms with Crippen LogP contribution in [0.3, 0.4) is 0 Å². The predicted octanol–water partition coefficient (Wildman–Crippen LogP) is 3.27. The minimum atomic E-state index is -0.800. The maximum atomic E-state index is 13.3. The van der Waals surface area contributed by atoms with Crippen molar-refractivity contribution in [3.05, 3.63) is 58.8 Å². The molecule has 3 rings (SSSR count). The molecule has 1 saturated heterocycles. The second-order valence-corrected chi connectivity index (χ2v) is 5.30. The third-order valence-electron chi connectivity index (χ3n) is 3.03. The zero-order valence-corrected chi connectivity index (χ0v) is 12.9. The summed E-state index contributed by atoms with van der Waals surface area (Å²) in [6.45, 7) is 0. The Balaban J connectivity index is 1.92. The number of phenolic OH excluding ortho intramolecular Hbond substituents is 1. The Morgan fingerprint density at radius 2 is 2.13 bits per heavy atom. The first-order valence-electron chi connectivity index (χ1n) is 6.34. The number of halogens is 2. The van der Waals surface area contributed by atoms with Crippen LogP contribution in [0.1, 0.15) is 5.56 Å². The van der Waals surface area contributed by atoms with Crippen molar-refractivity contribution >= 4 is 46.7 Å². The summed E-state index contributed by atoms with van der Waals surface area (Å²) in [4.78, 5) is 17.4. The summed E-state index contributed by atoms with van der Waals surface area (Å²) in [6.07, 6.45) is 2.72. The van der Waals surface area contributed by atoms with Crippen LogP contribution < -0.4 is 4.90 Å². The van der Waals surface area contributed by atoms with E-state index in [1.165, 1.54) is 30.5 Å². The van der Waals surface area contributed by atoms with Gasteiger partial charge in [-0.05, 0) is 48.1 Å². The summed E-state index contributed by atoms with van der Waals surface area (Å²) in [5, 5.41) is 9.39. The van der Waals surface area contributed by atoms with Crippen molar-refractivity contribution in [1.82, 2.24) is 4.98 Å². The molecule has 0 aliphatic carbocycles. The molecule has 1 fully saturated rings. The minimum Gasteiger partial charge on any atom is -0.505 e. The van der Waals surface area contributed by atoms with Crippen LogP contribution in [0.15, 0.2) is 42.3 Å². The number of rotatable bonds is 2. The summed E-state index contributed by atoms with van der Waals surface area (Å²) in [5.41, 5.74) is 0.757. The highest BCUT2D eigenvalue weighted by Gasteiger charge is 2.35. The van der Waals surface area contributed by atoms with Crippen molar-refractivity contribution in [3.8, 4) is 5.75 Å². The van der Waals surface area contributed by atoms with E-state index in [1.54, 1.807) is 6.07 Å². The molecule has 5 nitrogen and oxygen atoms in total. The number of aromatic hydroxyl groups is 1. The maximum absolute atomic E-state index is 13.3. The standard InChI is InChI=1S/C15H8ClFN2O3S/c16-13-4-2-9(7-18-13)19-14(21)12(22-15(19)23)6-8-1-3-11(20)10(17)5-8/h1-7,20H. The summed E-state index contributed by atoms with van der Waals surface area (Å²) < 4.78 is 18.6. The molecule has 1 amide bonds. The van der Waals surface area contributed by atoms with E-state index in [9.17, 15) is 14.3 Å². The number of carbonyl (C=O) groups excluding carboxylic acids is 1.